The standard InChI is InChI=1S/C14H23NOS/c1-4-17-10-9-16-14-8-6-5-7-13(14)11-15-12(2)3/h5-8,12,15H,4,9-11H2,1-3H3. The van der Waals surface area contributed by atoms with Crippen molar-refractivity contribution in [3.05, 3.63) is 29.8 Å². The minimum Gasteiger partial charge on any atom is -0.492 e. The zero-order valence-corrected chi connectivity index (χ0v) is 11.8. The van der Waals surface area contributed by atoms with Crippen LogP contribution in [0.2, 0.25) is 0 Å². The lowest BCUT2D eigenvalue weighted by Crippen LogP contribution is -2.22. The monoisotopic (exact) mass is 253 g/mol. The molecular weight excluding hydrogens is 230 g/mol. The van der Waals surface area contributed by atoms with Crippen LogP contribution in [0.15, 0.2) is 24.3 Å². The Hall–Kier alpha value is -0.670. The van der Waals surface area contributed by atoms with Crippen LogP contribution in [0.25, 0.3) is 0 Å². The normalized spacial score (nSPS) is 10.8. The molecule has 1 aromatic carbocycles. The molecule has 0 heterocycles. The minimum atomic E-state index is 0.499. The van der Waals surface area contributed by atoms with Crippen molar-refractivity contribution >= 4 is 11.8 Å². The number of rotatable bonds is 8. The first-order valence-corrected chi connectivity index (χ1v) is 7.41. The largest absolute Gasteiger partial charge is 0.492 e. The van der Waals surface area contributed by atoms with Gasteiger partial charge in [-0.1, -0.05) is 39.0 Å². The summed E-state index contributed by atoms with van der Waals surface area (Å²) < 4.78 is 5.81. The smallest absolute Gasteiger partial charge is 0.123 e. The van der Waals surface area contributed by atoms with Gasteiger partial charge in [0.05, 0.1) is 6.61 Å². The van der Waals surface area contributed by atoms with Crippen molar-refractivity contribution in [2.45, 2.75) is 33.4 Å². The summed E-state index contributed by atoms with van der Waals surface area (Å²) in [6.45, 7) is 8.14. The topological polar surface area (TPSA) is 21.3 Å². The maximum Gasteiger partial charge on any atom is 0.123 e. The number of thioether (sulfide) groups is 1. The summed E-state index contributed by atoms with van der Waals surface area (Å²) >= 11 is 1.91. The molecule has 0 aliphatic carbocycles. The second kappa shape index (κ2) is 8.43. The summed E-state index contributed by atoms with van der Waals surface area (Å²) in [5.41, 5.74) is 1.24. The number of nitrogens with one attached hydrogen (secondary N) is 1. The molecular formula is C14H23NOS. The van der Waals surface area contributed by atoms with E-state index in [0.29, 0.717) is 6.04 Å². The van der Waals surface area contributed by atoms with Gasteiger partial charge >= 0.3 is 0 Å². The predicted molar refractivity (Wildman–Crippen MR) is 76.9 cm³/mol. The lowest BCUT2D eigenvalue weighted by molar-refractivity contribution is 0.338. The summed E-state index contributed by atoms with van der Waals surface area (Å²) in [4.78, 5) is 0. The van der Waals surface area contributed by atoms with Gasteiger partial charge in [0.15, 0.2) is 0 Å². The lowest BCUT2D eigenvalue weighted by Gasteiger charge is -2.13. The summed E-state index contributed by atoms with van der Waals surface area (Å²) in [7, 11) is 0. The van der Waals surface area contributed by atoms with Crippen LogP contribution in [0, 0.1) is 0 Å². The van der Waals surface area contributed by atoms with Crippen molar-refractivity contribution in [3.8, 4) is 5.75 Å². The first-order chi connectivity index (χ1) is 8.24. The Kier molecular flexibility index (Phi) is 7.13. The van der Waals surface area contributed by atoms with Crippen LogP contribution in [0.4, 0.5) is 0 Å². The van der Waals surface area contributed by atoms with E-state index in [1.54, 1.807) is 0 Å². The van der Waals surface area contributed by atoms with Crippen LogP contribution in [-0.4, -0.2) is 24.2 Å². The Labute approximate surface area is 109 Å². The van der Waals surface area contributed by atoms with E-state index in [1.807, 2.05) is 23.9 Å². The summed E-state index contributed by atoms with van der Waals surface area (Å²) in [5, 5.41) is 3.42. The Morgan fingerprint density at radius 2 is 2.06 bits per heavy atom. The second-order valence-electron chi connectivity index (χ2n) is 4.19. The third-order valence-electron chi connectivity index (χ3n) is 2.36. The van der Waals surface area contributed by atoms with E-state index in [1.165, 1.54) is 5.56 Å². The Balaban J connectivity index is 2.46. The van der Waals surface area contributed by atoms with E-state index in [9.17, 15) is 0 Å². The van der Waals surface area contributed by atoms with Crippen LogP contribution in [0.5, 0.6) is 5.75 Å². The zero-order chi connectivity index (χ0) is 12.5. The highest BCUT2D eigenvalue weighted by Crippen LogP contribution is 2.18. The van der Waals surface area contributed by atoms with Gasteiger partial charge in [-0.15, -0.1) is 0 Å². The number of para-hydroxylation sites is 1. The predicted octanol–water partition coefficient (Wildman–Crippen LogP) is 3.32. The molecule has 2 nitrogen and oxygen atoms in total. The fourth-order valence-corrected chi connectivity index (χ4v) is 1.95. The van der Waals surface area contributed by atoms with Gasteiger partial charge in [0.1, 0.15) is 5.75 Å². The SMILES string of the molecule is CCSCCOc1ccccc1CNC(C)C. The maximum atomic E-state index is 5.81. The van der Waals surface area contributed by atoms with Gasteiger partial charge in [0.25, 0.3) is 0 Å². The highest BCUT2D eigenvalue weighted by Gasteiger charge is 2.03. The highest BCUT2D eigenvalue weighted by molar-refractivity contribution is 7.99. The van der Waals surface area contributed by atoms with Crippen molar-refractivity contribution in [1.29, 1.82) is 0 Å². The Bertz CT molecular complexity index is 315. The minimum absolute atomic E-state index is 0.499. The number of benzene rings is 1. The molecule has 0 unspecified atom stereocenters. The molecule has 0 fully saturated rings. The van der Waals surface area contributed by atoms with Crippen LogP contribution in [-0.2, 0) is 6.54 Å². The molecule has 1 aromatic rings. The summed E-state index contributed by atoms with van der Waals surface area (Å²) in [6.07, 6.45) is 0. The molecule has 17 heavy (non-hydrogen) atoms. The van der Waals surface area contributed by atoms with E-state index in [4.69, 9.17) is 4.74 Å². The van der Waals surface area contributed by atoms with E-state index in [0.717, 1.165) is 30.4 Å². The van der Waals surface area contributed by atoms with Gasteiger partial charge in [-0.25, -0.2) is 0 Å². The molecule has 96 valence electrons. The quantitative estimate of drug-likeness (QED) is 0.718. The van der Waals surface area contributed by atoms with Gasteiger partial charge in [0.2, 0.25) is 0 Å². The second-order valence-corrected chi connectivity index (χ2v) is 5.58. The molecule has 0 saturated carbocycles. The molecule has 1 N–H and O–H groups in total. The van der Waals surface area contributed by atoms with Crippen molar-refractivity contribution in [1.82, 2.24) is 5.32 Å². The third-order valence-corrected chi connectivity index (χ3v) is 3.23. The highest BCUT2D eigenvalue weighted by atomic mass is 32.2. The number of hydrogen-bond acceptors (Lipinski definition) is 3. The van der Waals surface area contributed by atoms with E-state index in [-0.39, 0.29) is 0 Å². The van der Waals surface area contributed by atoms with Gasteiger partial charge in [-0.2, -0.15) is 11.8 Å². The van der Waals surface area contributed by atoms with Crippen molar-refractivity contribution in [3.63, 3.8) is 0 Å². The summed E-state index contributed by atoms with van der Waals surface area (Å²) in [6, 6.07) is 8.76. The average Bonchev–Trinajstić information content (AvgIpc) is 2.33. The van der Waals surface area contributed by atoms with Crippen LogP contribution >= 0.6 is 11.8 Å². The van der Waals surface area contributed by atoms with Gasteiger partial charge < -0.3 is 10.1 Å². The molecule has 0 aliphatic rings. The molecule has 0 saturated heterocycles. The molecule has 0 bridgehead atoms. The molecule has 0 atom stereocenters. The fourth-order valence-electron chi connectivity index (χ4n) is 1.46. The van der Waals surface area contributed by atoms with Crippen LogP contribution < -0.4 is 10.1 Å². The molecule has 0 spiro atoms. The first-order valence-electron chi connectivity index (χ1n) is 6.26. The van der Waals surface area contributed by atoms with Gasteiger partial charge in [-0.05, 0) is 11.8 Å². The summed E-state index contributed by atoms with van der Waals surface area (Å²) in [5.74, 6) is 3.22. The first kappa shape index (κ1) is 14.4. The molecule has 0 amide bonds. The van der Waals surface area contributed by atoms with E-state index < -0.39 is 0 Å². The molecule has 0 aromatic heterocycles. The van der Waals surface area contributed by atoms with Crippen molar-refractivity contribution in [2.24, 2.45) is 0 Å². The van der Waals surface area contributed by atoms with Crippen LogP contribution in [0.1, 0.15) is 26.3 Å². The lowest BCUT2D eigenvalue weighted by atomic mass is 10.2. The van der Waals surface area contributed by atoms with Crippen molar-refractivity contribution < 1.29 is 4.74 Å². The Morgan fingerprint density at radius 3 is 2.76 bits per heavy atom. The third kappa shape index (κ3) is 5.99. The molecule has 3 heteroatoms. The van der Waals surface area contributed by atoms with E-state index >= 15 is 0 Å². The van der Waals surface area contributed by atoms with Crippen LogP contribution in [0.3, 0.4) is 0 Å². The zero-order valence-electron chi connectivity index (χ0n) is 11.0. The number of ether oxygens (including phenoxy) is 1. The van der Waals surface area contributed by atoms with Crippen molar-refractivity contribution in [2.75, 3.05) is 18.1 Å². The molecule has 0 radical (unpaired) electrons. The average molecular weight is 253 g/mol. The van der Waals surface area contributed by atoms with Gasteiger partial charge in [-0.3, -0.25) is 0 Å². The Morgan fingerprint density at radius 1 is 1.29 bits per heavy atom. The molecule has 1 rings (SSSR count). The molecule has 0 aliphatic heterocycles. The van der Waals surface area contributed by atoms with Gasteiger partial charge in [0, 0.05) is 23.9 Å². The number of hydrogen-bond donors (Lipinski definition) is 1. The van der Waals surface area contributed by atoms with E-state index in [2.05, 4.69) is 38.2 Å². The maximum absolute atomic E-state index is 5.81. The fraction of sp³-hybridized carbons (Fsp3) is 0.571.